The monoisotopic (exact) mass is 186 g/mol. The van der Waals surface area contributed by atoms with Crippen LogP contribution < -0.4 is 21.7 Å². The maximum absolute atomic E-state index is 11.2. The van der Waals surface area contributed by atoms with Crippen molar-refractivity contribution in [1.82, 2.24) is 16.0 Å². The van der Waals surface area contributed by atoms with E-state index in [0.29, 0.717) is 6.42 Å². The van der Waals surface area contributed by atoms with Crippen LogP contribution >= 0.6 is 0 Å². The Kier molecular flexibility index (Phi) is 2.20. The number of hydrogen-bond acceptors (Lipinski definition) is 5. The second-order valence-corrected chi connectivity index (χ2v) is 3.47. The van der Waals surface area contributed by atoms with Gasteiger partial charge in [0.15, 0.2) is 0 Å². The fourth-order valence-corrected chi connectivity index (χ4v) is 1.78. The summed E-state index contributed by atoms with van der Waals surface area (Å²) in [4.78, 5) is 11.2. The van der Waals surface area contributed by atoms with Gasteiger partial charge in [0.05, 0.1) is 18.3 Å². The summed E-state index contributed by atoms with van der Waals surface area (Å²) >= 11 is 0. The minimum absolute atomic E-state index is 0.114. The molecule has 0 saturated carbocycles. The van der Waals surface area contributed by atoms with Crippen LogP contribution in [0.4, 0.5) is 0 Å². The number of nitrogens with one attached hydrogen (secondary N) is 3. The van der Waals surface area contributed by atoms with E-state index in [0.717, 1.165) is 6.54 Å². The second kappa shape index (κ2) is 3.22. The lowest BCUT2D eigenvalue weighted by Crippen LogP contribution is -2.75. The molecule has 0 aromatic carbocycles. The third-order valence-electron chi connectivity index (χ3n) is 2.53. The minimum atomic E-state index is -0.681. The van der Waals surface area contributed by atoms with E-state index in [1.54, 1.807) is 0 Å². The summed E-state index contributed by atoms with van der Waals surface area (Å²) in [6.45, 7) is 0.734. The molecule has 74 valence electrons. The fraction of sp³-hybridized carbons (Fsp3) is 0.857. The Hall–Kier alpha value is -0.690. The van der Waals surface area contributed by atoms with Crippen molar-refractivity contribution in [3.8, 4) is 0 Å². The van der Waals surface area contributed by atoms with Crippen LogP contribution in [0, 0.1) is 0 Å². The molecule has 2 saturated heterocycles. The molecule has 2 fully saturated rings. The number of aliphatic hydroxyl groups excluding tert-OH is 1. The number of amides is 1. The van der Waals surface area contributed by atoms with E-state index >= 15 is 0 Å². The van der Waals surface area contributed by atoms with Gasteiger partial charge >= 0.3 is 0 Å². The summed E-state index contributed by atoms with van der Waals surface area (Å²) in [6.07, 6.45) is -0.635. The first kappa shape index (κ1) is 8.89. The number of rotatable bonds is 0. The number of nitrogens with two attached hydrogens (primary N) is 1. The van der Waals surface area contributed by atoms with Gasteiger partial charge in [-0.2, -0.15) is 0 Å². The molecule has 0 aliphatic carbocycles. The Morgan fingerprint density at radius 1 is 1.54 bits per heavy atom. The highest BCUT2D eigenvalue weighted by atomic mass is 16.3. The zero-order valence-electron chi connectivity index (χ0n) is 7.16. The van der Waals surface area contributed by atoms with Crippen LogP contribution in [-0.2, 0) is 4.79 Å². The highest BCUT2D eigenvalue weighted by molar-refractivity contribution is 5.82. The van der Waals surface area contributed by atoms with E-state index in [1.165, 1.54) is 0 Å². The highest BCUT2D eigenvalue weighted by Crippen LogP contribution is 2.11. The SMILES string of the molecule is NC1NC2NCCC(O)C2NC1=O. The van der Waals surface area contributed by atoms with Crippen molar-refractivity contribution in [1.29, 1.82) is 0 Å². The van der Waals surface area contributed by atoms with Gasteiger partial charge in [-0.05, 0) is 13.0 Å². The molecule has 4 atom stereocenters. The lowest BCUT2D eigenvalue weighted by atomic mass is 9.98. The van der Waals surface area contributed by atoms with Crippen LogP contribution in [0.5, 0.6) is 0 Å². The lowest BCUT2D eigenvalue weighted by molar-refractivity contribution is -0.129. The maximum Gasteiger partial charge on any atom is 0.252 e. The molecule has 0 aromatic rings. The van der Waals surface area contributed by atoms with Gasteiger partial charge in [0, 0.05) is 0 Å². The Labute approximate surface area is 75.9 Å². The third kappa shape index (κ3) is 1.53. The van der Waals surface area contributed by atoms with E-state index in [9.17, 15) is 9.90 Å². The van der Waals surface area contributed by atoms with Crippen molar-refractivity contribution in [3.63, 3.8) is 0 Å². The van der Waals surface area contributed by atoms with Gasteiger partial charge in [0.1, 0.15) is 6.17 Å². The van der Waals surface area contributed by atoms with Crippen molar-refractivity contribution in [2.24, 2.45) is 5.73 Å². The van der Waals surface area contributed by atoms with E-state index in [-0.39, 0.29) is 18.1 Å². The number of carbonyl (C=O) groups excluding carboxylic acids is 1. The van der Waals surface area contributed by atoms with Gasteiger partial charge in [0.25, 0.3) is 5.91 Å². The fourth-order valence-electron chi connectivity index (χ4n) is 1.78. The van der Waals surface area contributed by atoms with Crippen LogP contribution in [0.3, 0.4) is 0 Å². The molecule has 2 rings (SSSR count). The number of piperazine rings is 1. The molecule has 6 heteroatoms. The summed E-state index contributed by atoms with van der Waals surface area (Å²) < 4.78 is 0. The van der Waals surface area contributed by atoms with Gasteiger partial charge in [0.2, 0.25) is 0 Å². The molecular formula is C7H14N4O2. The lowest BCUT2D eigenvalue weighted by Gasteiger charge is -2.42. The largest absolute Gasteiger partial charge is 0.391 e. The molecule has 6 nitrogen and oxygen atoms in total. The highest BCUT2D eigenvalue weighted by Gasteiger charge is 2.39. The molecule has 0 bridgehead atoms. The second-order valence-electron chi connectivity index (χ2n) is 3.47. The zero-order chi connectivity index (χ0) is 9.42. The number of hydrogen-bond donors (Lipinski definition) is 5. The molecule has 13 heavy (non-hydrogen) atoms. The van der Waals surface area contributed by atoms with Crippen LogP contribution in [-0.4, -0.2) is 42.0 Å². The molecule has 0 spiro atoms. The van der Waals surface area contributed by atoms with Crippen molar-refractivity contribution in [3.05, 3.63) is 0 Å². The molecule has 0 aromatic heterocycles. The average Bonchev–Trinajstić information content (AvgIpc) is 2.09. The van der Waals surface area contributed by atoms with Crippen LogP contribution in [0.15, 0.2) is 0 Å². The Morgan fingerprint density at radius 3 is 3.08 bits per heavy atom. The van der Waals surface area contributed by atoms with Crippen molar-refractivity contribution in [2.45, 2.75) is 30.9 Å². The molecule has 2 heterocycles. The topological polar surface area (TPSA) is 99.4 Å². The smallest absolute Gasteiger partial charge is 0.252 e. The third-order valence-corrected chi connectivity index (χ3v) is 2.53. The van der Waals surface area contributed by atoms with Gasteiger partial charge in [-0.15, -0.1) is 0 Å². The molecular weight excluding hydrogens is 172 g/mol. The molecule has 0 radical (unpaired) electrons. The Balaban J connectivity index is 2.08. The summed E-state index contributed by atoms with van der Waals surface area (Å²) in [5, 5.41) is 18.3. The zero-order valence-corrected chi connectivity index (χ0v) is 7.16. The van der Waals surface area contributed by atoms with Crippen molar-refractivity contribution >= 4 is 5.91 Å². The van der Waals surface area contributed by atoms with E-state index < -0.39 is 12.3 Å². The summed E-state index contributed by atoms with van der Waals surface area (Å²) in [5.41, 5.74) is 5.49. The van der Waals surface area contributed by atoms with Gasteiger partial charge in [-0.25, -0.2) is 0 Å². The molecule has 6 N–H and O–H groups in total. The number of aliphatic hydroxyl groups is 1. The Morgan fingerprint density at radius 2 is 2.31 bits per heavy atom. The molecule has 2 aliphatic rings. The van der Waals surface area contributed by atoms with Gasteiger partial charge in [-0.1, -0.05) is 0 Å². The normalized spacial score (nSPS) is 45.2. The number of piperidine rings is 1. The summed E-state index contributed by atoms with van der Waals surface area (Å²) in [5.74, 6) is -0.260. The first-order valence-electron chi connectivity index (χ1n) is 4.42. The first-order chi connectivity index (χ1) is 6.18. The standard InChI is InChI=1S/C7H14N4O2/c8-5-7(13)10-4-3(12)1-2-9-6(4)11-5/h3-6,9,11-12H,1-2,8H2,(H,10,13). The van der Waals surface area contributed by atoms with E-state index in [1.807, 2.05) is 0 Å². The predicted molar refractivity (Wildman–Crippen MR) is 45.5 cm³/mol. The number of carbonyl (C=O) groups is 1. The van der Waals surface area contributed by atoms with Crippen LogP contribution in [0.1, 0.15) is 6.42 Å². The van der Waals surface area contributed by atoms with Crippen molar-refractivity contribution < 1.29 is 9.90 Å². The quantitative estimate of drug-likeness (QED) is 0.278. The molecule has 4 unspecified atom stereocenters. The summed E-state index contributed by atoms with van der Waals surface area (Å²) in [7, 11) is 0. The Bertz CT molecular complexity index is 223. The molecule has 1 amide bonds. The summed E-state index contributed by atoms with van der Waals surface area (Å²) in [6, 6.07) is -0.263. The average molecular weight is 186 g/mol. The maximum atomic E-state index is 11.2. The van der Waals surface area contributed by atoms with E-state index in [4.69, 9.17) is 5.73 Å². The van der Waals surface area contributed by atoms with Gasteiger partial charge < -0.3 is 16.2 Å². The van der Waals surface area contributed by atoms with Gasteiger partial charge in [-0.3, -0.25) is 15.4 Å². The van der Waals surface area contributed by atoms with Crippen LogP contribution in [0.2, 0.25) is 0 Å². The number of fused-ring (bicyclic) bond motifs is 1. The van der Waals surface area contributed by atoms with E-state index in [2.05, 4.69) is 16.0 Å². The molecule has 2 aliphatic heterocycles. The van der Waals surface area contributed by atoms with Crippen LogP contribution in [0.25, 0.3) is 0 Å². The van der Waals surface area contributed by atoms with Crippen molar-refractivity contribution in [2.75, 3.05) is 6.54 Å². The first-order valence-corrected chi connectivity index (χ1v) is 4.42. The predicted octanol–water partition coefficient (Wildman–Crippen LogP) is -2.96. The minimum Gasteiger partial charge on any atom is -0.391 e.